The van der Waals surface area contributed by atoms with Crippen molar-refractivity contribution in [3.8, 4) is 0 Å². The van der Waals surface area contributed by atoms with Gasteiger partial charge in [0.1, 0.15) is 0 Å². The monoisotopic (exact) mass is 354 g/mol. The molecule has 1 aromatic heterocycles. The molecule has 0 radical (unpaired) electrons. The topological polar surface area (TPSA) is 67.7 Å². The van der Waals surface area contributed by atoms with Gasteiger partial charge in [-0.2, -0.15) is 5.10 Å². The molecule has 2 heterocycles. The number of ether oxygens (including phenoxy) is 1. The van der Waals surface area contributed by atoms with Gasteiger partial charge in [0.2, 0.25) is 5.91 Å². The fourth-order valence-corrected chi connectivity index (χ4v) is 3.06. The molecule has 1 aliphatic heterocycles. The number of amides is 2. The number of hydrogen-bond acceptors (Lipinski definition) is 4. The van der Waals surface area contributed by atoms with Crippen LogP contribution in [-0.2, 0) is 16.6 Å². The lowest BCUT2D eigenvalue weighted by molar-refractivity contribution is -0.113. The molecule has 0 saturated carbocycles. The van der Waals surface area contributed by atoms with Crippen LogP contribution < -0.4 is 4.90 Å². The number of aromatic nitrogens is 2. The molecule has 1 atom stereocenters. The molecule has 3 rings (SSSR count). The van der Waals surface area contributed by atoms with Crippen LogP contribution in [0.3, 0.4) is 0 Å². The Bertz CT molecular complexity index is 812. The maximum absolute atomic E-state index is 13.0. The molecule has 0 aliphatic carbocycles. The van der Waals surface area contributed by atoms with E-state index in [-0.39, 0.29) is 17.9 Å². The Hall–Kier alpha value is -2.93. The van der Waals surface area contributed by atoms with Crippen molar-refractivity contribution in [1.29, 1.82) is 0 Å². The molecule has 1 aliphatic rings. The predicted octanol–water partition coefficient (Wildman–Crippen LogP) is 1.78. The summed E-state index contributed by atoms with van der Waals surface area (Å²) in [6, 6.07) is 8.72. The molecule has 0 spiro atoms. The number of anilines is 1. The van der Waals surface area contributed by atoms with E-state index >= 15 is 0 Å². The van der Waals surface area contributed by atoms with E-state index in [1.807, 2.05) is 18.0 Å². The SMILES string of the molecule is C=CC(=O)N(C)c1ccc(C(=O)N2CCOCC2c2ccnn2C)cc1. The summed E-state index contributed by atoms with van der Waals surface area (Å²) in [5, 5.41) is 4.19. The van der Waals surface area contributed by atoms with Gasteiger partial charge in [-0.3, -0.25) is 14.3 Å². The maximum atomic E-state index is 13.0. The van der Waals surface area contributed by atoms with Crippen LogP contribution in [0.4, 0.5) is 5.69 Å². The Morgan fingerprint density at radius 3 is 2.65 bits per heavy atom. The molecule has 7 nitrogen and oxygen atoms in total. The van der Waals surface area contributed by atoms with Crippen LogP contribution in [0.1, 0.15) is 22.1 Å². The molecule has 1 fully saturated rings. The zero-order valence-corrected chi connectivity index (χ0v) is 15.0. The number of carbonyl (C=O) groups excluding carboxylic acids is 2. The highest BCUT2D eigenvalue weighted by atomic mass is 16.5. The molecular weight excluding hydrogens is 332 g/mol. The minimum absolute atomic E-state index is 0.0660. The molecule has 1 saturated heterocycles. The lowest BCUT2D eigenvalue weighted by Crippen LogP contribution is -2.44. The summed E-state index contributed by atoms with van der Waals surface area (Å²) in [6.45, 7) is 4.96. The Morgan fingerprint density at radius 1 is 1.31 bits per heavy atom. The van der Waals surface area contributed by atoms with Gasteiger partial charge in [-0.05, 0) is 36.4 Å². The van der Waals surface area contributed by atoms with Gasteiger partial charge in [-0.1, -0.05) is 6.58 Å². The van der Waals surface area contributed by atoms with E-state index in [9.17, 15) is 9.59 Å². The van der Waals surface area contributed by atoms with Crippen molar-refractivity contribution in [2.24, 2.45) is 7.05 Å². The van der Waals surface area contributed by atoms with E-state index in [1.165, 1.54) is 11.0 Å². The smallest absolute Gasteiger partial charge is 0.254 e. The van der Waals surface area contributed by atoms with Gasteiger partial charge in [0.25, 0.3) is 5.91 Å². The van der Waals surface area contributed by atoms with E-state index in [0.29, 0.717) is 31.0 Å². The molecule has 2 amide bonds. The van der Waals surface area contributed by atoms with Crippen LogP contribution in [-0.4, -0.2) is 53.3 Å². The first-order valence-electron chi connectivity index (χ1n) is 8.39. The van der Waals surface area contributed by atoms with Crippen LogP contribution >= 0.6 is 0 Å². The lowest BCUT2D eigenvalue weighted by atomic mass is 10.1. The first-order valence-corrected chi connectivity index (χ1v) is 8.39. The third kappa shape index (κ3) is 3.39. The Labute approximate surface area is 152 Å². The van der Waals surface area contributed by atoms with Crippen LogP contribution in [0.25, 0.3) is 0 Å². The number of morpholine rings is 1. The molecule has 26 heavy (non-hydrogen) atoms. The molecule has 0 N–H and O–H groups in total. The van der Waals surface area contributed by atoms with E-state index < -0.39 is 0 Å². The van der Waals surface area contributed by atoms with Gasteiger partial charge in [0, 0.05) is 38.1 Å². The van der Waals surface area contributed by atoms with Crippen LogP contribution in [0.5, 0.6) is 0 Å². The van der Waals surface area contributed by atoms with Gasteiger partial charge >= 0.3 is 0 Å². The summed E-state index contributed by atoms with van der Waals surface area (Å²) in [5.74, 6) is -0.266. The van der Waals surface area contributed by atoms with Crippen molar-refractivity contribution in [3.05, 3.63) is 60.4 Å². The third-order valence-corrected chi connectivity index (χ3v) is 4.60. The second-order valence-electron chi connectivity index (χ2n) is 6.12. The normalized spacial score (nSPS) is 17.0. The fraction of sp³-hybridized carbons (Fsp3) is 0.316. The Morgan fingerprint density at radius 2 is 2.04 bits per heavy atom. The quantitative estimate of drug-likeness (QED) is 0.785. The van der Waals surface area contributed by atoms with Gasteiger partial charge in [0.05, 0.1) is 24.9 Å². The second kappa shape index (κ2) is 7.53. The Balaban J connectivity index is 1.82. The van der Waals surface area contributed by atoms with E-state index in [2.05, 4.69) is 11.7 Å². The van der Waals surface area contributed by atoms with Crippen molar-refractivity contribution in [2.75, 3.05) is 31.7 Å². The maximum Gasteiger partial charge on any atom is 0.254 e. The van der Waals surface area contributed by atoms with Crippen molar-refractivity contribution in [1.82, 2.24) is 14.7 Å². The standard InChI is InChI=1S/C19H22N4O3/c1-4-18(24)21(2)15-7-5-14(6-8-15)19(25)23-11-12-26-13-17(23)16-9-10-20-22(16)3/h4-10,17H,1,11-13H2,2-3H3. The zero-order valence-electron chi connectivity index (χ0n) is 15.0. The first-order chi connectivity index (χ1) is 12.5. The van der Waals surface area contributed by atoms with Gasteiger partial charge in [-0.15, -0.1) is 0 Å². The van der Waals surface area contributed by atoms with Gasteiger partial charge < -0.3 is 14.5 Å². The second-order valence-corrected chi connectivity index (χ2v) is 6.12. The highest BCUT2D eigenvalue weighted by Crippen LogP contribution is 2.26. The largest absolute Gasteiger partial charge is 0.377 e. The van der Waals surface area contributed by atoms with Gasteiger partial charge in [0.15, 0.2) is 0 Å². The minimum atomic E-state index is -0.200. The Kier molecular flexibility index (Phi) is 5.18. The summed E-state index contributed by atoms with van der Waals surface area (Å²) < 4.78 is 7.34. The molecule has 1 unspecified atom stereocenters. The molecule has 7 heteroatoms. The van der Waals surface area contributed by atoms with Crippen molar-refractivity contribution in [2.45, 2.75) is 6.04 Å². The number of rotatable bonds is 4. The van der Waals surface area contributed by atoms with Crippen LogP contribution in [0.15, 0.2) is 49.2 Å². The number of hydrogen-bond donors (Lipinski definition) is 0. The fourth-order valence-electron chi connectivity index (χ4n) is 3.06. The molecule has 2 aromatic rings. The van der Waals surface area contributed by atoms with Crippen molar-refractivity contribution in [3.63, 3.8) is 0 Å². The number of likely N-dealkylation sites (N-methyl/N-ethyl adjacent to an activating group) is 1. The van der Waals surface area contributed by atoms with Crippen LogP contribution in [0.2, 0.25) is 0 Å². The number of benzene rings is 1. The molecular formula is C19H22N4O3. The third-order valence-electron chi connectivity index (χ3n) is 4.60. The summed E-state index contributed by atoms with van der Waals surface area (Å²) in [4.78, 5) is 28.0. The van der Waals surface area contributed by atoms with E-state index in [1.54, 1.807) is 42.2 Å². The predicted molar refractivity (Wildman–Crippen MR) is 97.9 cm³/mol. The summed E-state index contributed by atoms with van der Waals surface area (Å²) in [6.07, 6.45) is 2.97. The average Bonchev–Trinajstić information content (AvgIpc) is 3.12. The number of aryl methyl sites for hydroxylation is 1. The van der Waals surface area contributed by atoms with E-state index in [4.69, 9.17) is 4.74 Å². The molecule has 0 bridgehead atoms. The minimum Gasteiger partial charge on any atom is -0.377 e. The highest BCUT2D eigenvalue weighted by molar-refractivity contribution is 6.01. The molecule has 1 aromatic carbocycles. The summed E-state index contributed by atoms with van der Waals surface area (Å²) in [7, 11) is 3.52. The number of carbonyl (C=O) groups is 2. The number of nitrogens with zero attached hydrogens (tertiary/aromatic N) is 4. The van der Waals surface area contributed by atoms with Gasteiger partial charge in [-0.25, -0.2) is 0 Å². The highest BCUT2D eigenvalue weighted by Gasteiger charge is 2.31. The van der Waals surface area contributed by atoms with Crippen molar-refractivity contribution >= 4 is 17.5 Å². The summed E-state index contributed by atoms with van der Waals surface area (Å²) >= 11 is 0. The lowest BCUT2D eigenvalue weighted by Gasteiger charge is -2.35. The average molecular weight is 354 g/mol. The van der Waals surface area contributed by atoms with Crippen LogP contribution in [0, 0.1) is 0 Å². The van der Waals surface area contributed by atoms with E-state index in [0.717, 1.165) is 5.69 Å². The molecule has 136 valence electrons. The first kappa shape index (κ1) is 17.9. The summed E-state index contributed by atoms with van der Waals surface area (Å²) in [5.41, 5.74) is 2.21. The van der Waals surface area contributed by atoms with Crippen molar-refractivity contribution < 1.29 is 14.3 Å². The zero-order chi connectivity index (χ0) is 18.7.